The maximum Gasteiger partial charge on any atom is 0.227 e. The van der Waals surface area contributed by atoms with Gasteiger partial charge in [0.2, 0.25) is 5.91 Å². The molecule has 2 aliphatic carbocycles. The Labute approximate surface area is 110 Å². The molecular formula is C15H26N2O. The highest BCUT2D eigenvalue weighted by Gasteiger charge is 2.45. The average Bonchev–Trinajstić information content (AvgIpc) is 3.04. The summed E-state index contributed by atoms with van der Waals surface area (Å²) >= 11 is 0. The van der Waals surface area contributed by atoms with Crippen LogP contribution in [0, 0.1) is 17.3 Å². The van der Waals surface area contributed by atoms with Crippen LogP contribution in [-0.2, 0) is 4.79 Å². The minimum atomic E-state index is -0.101. The number of hydrogen-bond acceptors (Lipinski definition) is 2. The molecule has 3 rings (SSSR count). The van der Waals surface area contributed by atoms with E-state index < -0.39 is 0 Å². The smallest absolute Gasteiger partial charge is 0.227 e. The van der Waals surface area contributed by atoms with Crippen molar-refractivity contribution in [1.29, 1.82) is 0 Å². The molecule has 3 nitrogen and oxygen atoms in total. The maximum atomic E-state index is 12.6. The number of amides is 1. The van der Waals surface area contributed by atoms with Crippen LogP contribution in [0.2, 0.25) is 0 Å². The third kappa shape index (κ3) is 2.07. The first-order valence-electron chi connectivity index (χ1n) is 7.75. The fourth-order valence-corrected chi connectivity index (χ4v) is 4.49. The number of carbonyl (C=O) groups excluding carboxylic acids is 1. The van der Waals surface area contributed by atoms with Gasteiger partial charge in [0, 0.05) is 12.6 Å². The molecule has 1 saturated heterocycles. The highest BCUT2D eigenvalue weighted by molar-refractivity contribution is 5.83. The second-order valence-electron chi connectivity index (χ2n) is 6.71. The molecule has 1 heterocycles. The lowest BCUT2D eigenvalue weighted by molar-refractivity contribution is -0.131. The van der Waals surface area contributed by atoms with Gasteiger partial charge in [-0.1, -0.05) is 19.8 Å². The van der Waals surface area contributed by atoms with E-state index in [0.717, 1.165) is 44.2 Å². The zero-order valence-electron chi connectivity index (χ0n) is 11.5. The minimum Gasteiger partial charge on any atom is -0.353 e. The monoisotopic (exact) mass is 250 g/mol. The summed E-state index contributed by atoms with van der Waals surface area (Å²) in [6.45, 7) is 4.07. The normalized spacial score (nSPS) is 42.4. The Morgan fingerprint density at radius 3 is 2.83 bits per heavy atom. The van der Waals surface area contributed by atoms with Crippen LogP contribution < -0.4 is 10.6 Å². The summed E-state index contributed by atoms with van der Waals surface area (Å²) in [5.74, 6) is 2.03. The Hall–Kier alpha value is -0.570. The van der Waals surface area contributed by atoms with Gasteiger partial charge in [0.05, 0.1) is 5.41 Å². The van der Waals surface area contributed by atoms with Crippen LogP contribution in [0.1, 0.15) is 51.9 Å². The van der Waals surface area contributed by atoms with Crippen molar-refractivity contribution in [2.24, 2.45) is 17.3 Å². The van der Waals surface area contributed by atoms with Crippen LogP contribution in [0.3, 0.4) is 0 Å². The standard InChI is InChI=1S/C15H26N2O/c1-2-5-15(6-7-16-10-15)14(18)17-13-9-11-3-4-12(13)8-11/h11-13,16H,2-10H2,1H3,(H,17,18). The van der Waals surface area contributed by atoms with Crippen molar-refractivity contribution >= 4 is 5.91 Å². The van der Waals surface area contributed by atoms with E-state index >= 15 is 0 Å². The van der Waals surface area contributed by atoms with Crippen molar-refractivity contribution < 1.29 is 4.79 Å². The summed E-state index contributed by atoms with van der Waals surface area (Å²) in [4.78, 5) is 12.6. The van der Waals surface area contributed by atoms with Gasteiger partial charge in [-0.25, -0.2) is 0 Å². The number of fused-ring (bicyclic) bond motifs is 2. The summed E-state index contributed by atoms with van der Waals surface area (Å²) in [6.07, 6.45) is 8.51. The molecule has 2 saturated carbocycles. The molecule has 3 aliphatic rings. The summed E-state index contributed by atoms with van der Waals surface area (Å²) in [5.41, 5.74) is -0.101. The Bertz CT molecular complexity index is 322. The molecule has 4 atom stereocenters. The second-order valence-corrected chi connectivity index (χ2v) is 6.71. The van der Waals surface area contributed by atoms with Gasteiger partial charge >= 0.3 is 0 Å². The van der Waals surface area contributed by atoms with Gasteiger partial charge in [-0.2, -0.15) is 0 Å². The quantitative estimate of drug-likeness (QED) is 0.802. The molecule has 4 unspecified atom stereocenters. The first kappa shape index (κ1) is 12.5. The predicted molar refractivity (Wildman–Crippen MR) is 72.2 cm³/mol. The number of rotatable bonds is 4. The second kappa shape index (κ2) is 4.84. The summed E-state index contributed by atoms with van der Waals surface area (Å²) in [7, 11) is 0. The summed E-state index contributed by atoms with van der Waals surface area (Å²) in [5, 5.41) is 6.78. The first-order valence-corrected chi connectivity index (χ1v) is 7.75. The third-order valence-electron chi connectivity index (χ3n) is 5.51. The maximum absolute atomic E-state index is 12.6. The molecule has 1 amide bonds. The minimum absolute atomic E-state index is 0.101. The fraction of sp³-hybridized carbons (Fsp3) is 0.933. The van der Waals surface area contributed by atoms with Gasteiger partial charge in [0.25, 0.3) is 0 Å². The molecular weight excluding hydrogens is 224 g/mol. The number of nitrogens with one attached hydrogen (secondary N) is 2. The van der Waals surface area contributed by atoms with Crippen LogP contribution in [0.5, 0.6) is 0 Å². The molecule has 0 aromatic carbocycles. The van der Waals surface area contributed by atoms with Crippen molar-refractivity contribution in [3.8, 4) is 0 Å². The number of carbonyl (C=O) groups is 1. The highest BCUT2D eigenvalue weighted by atomic mass is 16.2. The lowest BCUT2D eigenvalue weighted by Gasteiger charge is -2.31. The molecule has 2 N–H and O–H groups in total. The van der Waals surface area contributed by atoms with E-state index in [0.29, 0.717) is 11.9 Å². The molecule has 18 heavy (non-hydrogen) atoms. The van der Waals surface area contributed by atoms with Crippen molar-refractivity contribution in [1.82, 2.24) is 10.6 Å². The van der Waals surface area contributed by atoms with E-state index in [2.05, 4.69) is 17.6 Å². The Morgan fingerprint density at radius 2 is 2.28 bits per heavy atom. The van der Waals surface area contributed by atoms with Crippen LogP contribution in [-0.4, -0.2) is 25.0 Å². The van der Waals surface area contributed by atoms with Gasteiger partial charge in [-0.15, -0.1) is 0 Å². The molecule has 3 heteroatoms. The molecule has 0 radical (unpaired) electrons. The first-order chi connectivity index (χ1) is 8.73. The van der Waals surface area contributed by atoms with Gasteiger partial charge in [0.15, 0.2) is 0 Å². The Kier molecular flexibility index (Phi) is 3.35. The van der Waals surface area contributed by atoms with E-state index in [4.69, 9.17) is 0 Å². The molecule has 0 aromatic heterocycles. The molecule has 0 spiro atoms. The average molecular weight is 250 g/mol. The van der Waals surface area contributed by atoms with E-state index in [1.165, 1.54) is 25.7 Å². The molecule has 102 valence electrons. The molecule has 2 bridgehead atoms. The summed E-state index contributed by atoms with van der Waals surface area (Å²) < 4.78 is 0. The van der Waals surface area contributed by atoms with Crippen molar-refractivity contribution in [3.05, 3.63) is 0 Å². The predicted octanol–water partition coefficient (Wildman–Crippen LogP) is 2.07. The third-order valence-corrected chi connectivity index (χ3v) is 5.51. The van der Waals surface area contributed by atoms with Crippen molar-refractivity contribution in [2.45, 2.75) is 57.9 Å². The lowest BCUT2D eigenvalue weighted by Crippen LogP contribution is -2.48. The Morgan fingerprint density at radius 1 is 1.39 bits per heavy atom. The van der Waals surface area contributed by atoms with E-state index in [1.807, 2.05) is 0 Å². The van der Waals surface area contributed by atoms with Crippen molar-refractivity contribution in [3.63, 3.8) is 0 Å². The van der Waals surface area contributed by atoms with Crippen LogP contribution in [0.25, 0.3) is 0 Å². The van der Waals surface area contributed by atoms with Gasteiger partial charge in [-0.3, -0.25) is 4.79 Å². The molecule has 3 fully saturated rings. The highest BCUT2D eigenvalue weighted by Crippen LogP contribution is 2.45. The molecule has 0 aromatic rings. The largest absolute Gasteiger partial charge is 0.353 e. The fourth-order valence-electron chi connectivity index (χ4n) is 4.49. The molecule has 1 aliphatic heterocycles. The van der Waals surface area contributed by atoms with Crippen LogP contribution in [0.15, 0.2) is 0 Å². The number of hydrogen-bond donors (Lipinski definition) is 2. The van der Waals surface area contributed by atoms with E-state index in [-0.39, 0.29) is 5.41 Å². The lowest BCUT2D eigenvalue weighted by atomic mass is 9.81. The Balaban J connectivity index is 1.63. The van der Waals surface area contributed by atoms with Crippen LogP contribution in [0.4, 0.5) is 0 Å². The zero-order chi connectivity index (χ0) is 12.6. The van der Waals surface area contributed by atoms with Gasteiger partial charge in [0.1, 0.15) is 0 Å². The SMILES string of the molecule is CCCC1(C(=O)NC2CC3CCC2C3)CCNC1. The van der Waals surface area contributed by atoms with Gasteiger partial charge < -0.3 is 10.6 Å². The summed E-state index contributed by atoms with van der Waals surface area (Å²) in [6, 6.07) is 0.491. The van der Waals surface area contributed by atoms with Gasteiger partial charge in [-0.05, 0) is 50.5 Å². The van der Waals surface area contributed by atoms with Crippen molar-refractivity contribution in [2.75, 3.05) is 13.1 Å². The topological polar surface area (TPSA) is 41.1 Å². The zero-order valence-corrected chi connectivity index (χ0v) is 11.5. The van der Waals surface area contributed by atoms with E-state index in [9.17, 15) is 4.79 Å². The van der Waals surface area contributed by atoms with Crippen LogP contribution >= 0.6 is 0 Å². The van der Waals surface area contributed by atoms with E-state index in [1.54, 1.807) is 0 Å².